The summed E-state index contributed by atoms with van der Waals surface area (Å²) >= 11 is 0.830. The zero-order valence-electron chi connectivity index (χ0n) is 15.6. The summed E-state index contributed by atoms with van der Waals surface area (Å²) in [5.74, 6) is -12.2. The van der Waals surface area contributed by atoms with Gasteiger partial charge in [0.05, 0.1) is 17.1 Å². The second-order valence-corrected chi connectivity index (χ2v) is 6.93. The van der Waals surface area contributed by atoms with Crippen molar-refractivity contribution in [1.29, 1.82) is 0 Å². The first-order valence-electron chi connectivity index (χ1n) is 8.54. The molecule has 0 saturated carbocycles. The number of aryl methyl sites for hydroxylation is 2. The van der Waals surface area contributed by atoms with Crippen LogP contribution in [0.2, 0.25) is 0 Å². The molecule has 0 atom stereocenters. The number of rotatable bonds is 6. The van der Waals surface area contributed by atoms with E-state index in [-0.39, 0.29) is 5.16 Å². The summed E-state index contributed by atoms with van der Waals surface area (Å²) in [7, 11) is 0. The fourth-order valence-corrected chi connectivity index (χ4v) is 3.14. The molecule has 0 unspecified atom stereocenters. The Morgan fingerprint density at radius 3 is 2.33 bits per heavy atom. The monoisotopic (exact) mass is 443 g/mol. The van der Waals surface area contributed by atoms with Crippen LogP contribution in [-0.2, 0) is 11.3 Å². The summed E-state index contributed by atoms with van der Waals surface area (Å²) in [6, 6.07) is 1.66. The van der Waals surface area contributed by atoms with Crippen LogP contribution >= 0.6 is 11.8 Å². The van der Waals surface area contributed by atoms with E-state index in [2.05, 4.69) is 15.1 Å². The number of benzene rings is 1. The third-order valence-electron chi connectivity index (χ3n) is 3.99. The van der Waals surface area contributed by atoms with Crippen LogP contribution in [0.5, 0.6) is 0 Å². The average Bonchev–Trinajstić information content (AvgIpc) is 3.13. The Balaban J connectivity index is 1.72. The van der Waals surface area contributed by atoms with Crippen LogP contribution < -0.4 is 5.32 Å². The standard InChI is InChI=1S/C18H14F5N5OS/c1-3-28-6-9(8(2)27-28)10-4-5-24-18(25-10)30-7-11(29)26-17-15(22)13(20)12(19)14(21)16(17)23/h4-6H,3,7H2,1-2H3,(H,26,29). The summed E-state index contributed by atoms with van der Waals surface area (Å²) in [4.78, 5) is 20.3. The molecule has 0 aliphatic heterocycles. The third-order valence-corrected chi connectivity index (χ3v) is 4.85. The smallest absolute Gasteiger partial charge is 0.235 e. The van der Waals surface area contributed by atoms with Crippen LogP contribution in [0.1, 0.15) is 12.6 Å². The van der Waals surface area contributed by atoms with Gasteiger partial charge in [-0.05, 0) is 19.9 Å². The number of nitrogens with one attached hydrogen (secondary N) is 1. The fourth-order valence-electron chi connectivity index (χ4n) is 2.51. The lowest BCUT2D eigenvalue weighted by Gasteiger charge is -2.09. The molecule has 0 radical (unpaired) electrons. The van der Waals surface area contributed by atoms with Crippen LogP contribution in [0.3, 0.4) is 0 Å². The number of nitrogens with zero attached hydrogens (tertiary/aromatic N) is 4. The topological polar surface area (TPSA) is 72.7 Å². The van der Waals surface area contributed by atoms with Gasteiger partial charge in [0.2, 0.25) is 11.7 Å². The zero-order valence-corrected chi connectivity index (χ0v) is 16.5. The highest BCUT2D eigenvalue weighted by Gasteiger charge is 2.26. The maximum atomic E-state index is 13.7. The molecule has 2 heterocycles. The largest absolute Gasteiger partial charge is 0.320 e. The second kappa shape index (κ2) is 8.78. The number of amides is 1. The van der Waals surface area contributed by atoms with Gasteiger partial charge in [0.15, 0.2) is 28.4 Å². The Hall–Kier alpha value is -3.02. The lowest BCUT2D eigenvalue weighted by molar-refractivity contribution is -0.113. The van der Waals surface area contributed by atoms with Crippen LogP contribution in [-0.4, -0.2) is 31.4 Å². The van der Waals surface area contributed by atoms with Crippen LogP contribution in [0, 0.1) is 36.0 Å². The van der Waals surface area contributed by atoms with E-state index in [1.54, 1.807) is 16.1 Å². The van der Waals surface area contributed by atoms with Gasteiger partial charge in [0.25, 0.3) is 0 Å². The number of thioether (sulfide) groups is 1. The van der Waals surface area contributed by atoms with Crippen molar-refractivity contribution in [3.8, 4) is 11.3 Å². The molecular weight excluding hydrogens is 429 g/mol. The molecule has 1 amide bonds. The Morgan fingerprint density at radius 2 is 1.73 bits per heavy atom. The number of hydrogen-bond donors (Lipinski definition) is 1. The first-order chi connectivity index (χ1) is 14.2. The first-order valence-corrected chi connectivity index (χ1v) is 9.53. The van der Waals surface area contributed by atoms with E-state index in [4.69, 9.17) is 0 Å². The lowest BCUT2D eigenvalue weighted by atomic mass is 10.2. The molecule has 0 saturated heterocycles. The Bertz CT molecular complexity index is 1090. The first kappa shape index (κ1) is 21.7. The van der Waals surface area contributed by atoms with E-state index in [0.29, 0.717) is 12.2 Å². The van der Waals surface area contributed by atoms with E-state index in [9.17, 15) is 26.7 Å². The highest BCUT2D eigenvalue weighted by molar-refractivity contribution is 7.99. The molecule has 0 spiro atoms. The Labute approximate surface area is 171 Å². The highest BCUT2D eigenvalue weighted by atomic mass is 32.2. The Morgan fingerprint density at radius 1 is 1.10 bits per heavy atom. The fraction of sp³-hybridized carbons (Fsp3) is 0.222. The average molecular weight is 443 g/mol. The van der Waals surface area contributed by atoms with Crippen LogP contribution in [0.4, 0.5) is 27.6 Å². The van der Waals surface area contributed by atoms with Gasteiger partial charge in [0.1, 0.15) is 5.69 Å². The second-order valence-electron chi connectivity index (χ2n) is 5.99. The summed E-state index contributed by atoms with van der Waals surface area (Å²) in [5.41, 5.74) is 0.668. The predicted octanol–water partition coefficient (Wildman–Crippen LogP) is 4.09. The summed E-state index contributed by atoms with van der Waals surface area (Å²) in [5, 5.41) is 6.20. The third kappa shape index (κ3) is 4.27. The number of hydrogen-bond acceptors (Lipinski definition) is 5. The van der Waals surface area contributed by atoms with Crippen molar-refractivity contribution in [2.24, 2.45) is 0 Å². The highest BCUT2D eigenvalue weighted by Crippen LogP contribution is 2.28. The van der Waals surface area contributed by atoms with Gasteiger partial charge in [-0.15, -0.1) is 0 Å². The molecule has 3 aromatic rings. The molecule has 30 heavy (non-hydrogen) atoms. The van der Waals surface area contributed by atoms with Gasteiger partial charge < -0.3 is 5.32 Å². The van der Waals surface area contributed by atoms with Crippen molar-refractivity contribution in [1.82, 2.24) is 19.7 Å². The molecule has 0 bridgehead atoms. The molecule has 6 nitrogen and oxygen atoms in total. The van der Waals surface area contributed by atoms with Gasteiger partial charge in [0, 0.05) is 24.5 Å². The molecular formula is C18H14F5N5OS. The van der Waals surface area contributed by atoms with E-state index in [0.717, 1.165) is 23.0 Å². The van der Waals surface area contributed by atoms with Crippen molar-refractivity contribution < 1.29 is 26.7 Å². The number of carbonyl (C=O) groups excluding carboxylic acids is 1. The van der Waals surface area contributed by atoms with Crippen molar-refractivity contribution in [3.05, 3.63) is 53.2 Å². The SMILES string of the molecule is CCn1cc(-c2ccnc(SCC(=O)Nc3c(F)c(F)c(F)c(F)c3F)n2)c(C)n1. The quantitative estimate of drug-likeness (QED) is 0.204. The molecule has 0 aliphatic rings. The molecule has 1 N–H and O–H groups in total. The molecule has 1 aromatic carbocycles. The van der Waals surface area contributed by atoms with Crippen LogP contribution in [0.25, 0.3) is 11.3 Å². The maximum Gasteiger partial charge on any atom is 0.235 e. The number of halogens is 5. The van der Waals surface area contributed by atoms with Gasteiger partial charge in [-0.3, -0.25) is 9.48 Å². The minimum absolute atomic E-state index is 0.184. The Kier molecular flexibility index (Phi) is 6.34. The molecule has 158 valence electrons. The summed E-state index contributed by atoms with van der Waals surface area (Å²) < 4.78 is 68.6. The van der Waals surface area contributed by atoms with Crippen molar-refractivity contribution in [2.75, 3.05) is 11.1 Å². The molecule has 0 fully saturated rings. The number of anilines is 1. The van der Waals surface area contributed by atoms with Crippen molar-refractivity contribution >= 4 is 23.4 Å². The molecule has 12 heteroatoms. The van der Waals surface area contributed by atoms with Gasteiger partial charge in [-0.2, -0.15) is 5.10 Å². The lowest BCUT2D eigenvalue weighted by Crippen LogP contribution is -2.18. The van der Waals surface area contributed by atoms with E-state index < -0.39 is 46.4 Å². The van der Waals surface area contributed by atoms with Crippen molar-refractivity contribution in [3.63, 3.8) is 0 Å². The summed E-state index contributed by atoms with van der Waals surface area (Å²) in [6.45, 7) is 4.42. The van der Waals surface area contributed by atoms with Gasteiger partial charge in [-0.1, -0.05) is 11.8 Å². The minimum atomic E-state index is -2.30. The summed E-state index contributed by atoms with van der Waals surface area (Å²) in [6.07, 6.45) is 3.28. The normalized spacial score (nSPS) is 11.0. The van der Waals surface area contributed by atoms with Gasteiger partial charge in [-0.25, -0.2) is 31.9 Å². The van der Waals surface area contributed by atoms with E-state index in [1.165, 1.54) is 6.20 Å². The molecule has 0 aliphatic carbocycles. The van der Waals surface area contributed by atoms with E-state index in [1.807, 2.05) is 20.0 Å². The van der Waals surface area contributed by atoms with Crippen molar-refractivity contribution in [2.45, 2.75) is 25.5 Å². The molecule has 3 rings (SSSR count). The van der Waals surface area contributed by atoms with Crippen LogP contribution in [0.15, 0.2) is 23.6 Å². The maximum absolute atomic E-state index is 13.7. The minimum Gasteiger partial charge on any atom is -0.320 e. The van der Waals surface area contributed by atoms with E-state index >= 15 is 0 Å². The zero-order chi connectivity index (χ0) is 22.0. The number of carbonyl (C=O) groups is 1. The molecule has 2 aromatic heterocycles. The van der Waals surface area contributed by atoms with Gasteiger partial charge >= 0.3 is 0 Å². The predicted molar refractivity (Wildman–Crippen MR) is 99.2 cm³/mol. The number of aromatic nitrogens is 4.